The molecule has 1 aromatic carbocycles. The van der Waals surface area contributed by atoms with Gasteiger partial charge in [-0.05, 0) is 19.1 Å². The Balaban J connectivity index is 2.02. The van der Waals surface area contributed by atoms with Crippen molar-refractivity contribution in [3.8, 4) is 17.0 Å². The quantitative estimate of drug-likeness (QED) is 0.683. The number of nitrogens with zero attached hydrogens (tertiary/aromatic N) is 3. The Kier molecular flexibility index (Phi) is 7.99. The van der Waals surface area contributed by atoms with Gasteiger partial charge in [-0.1, -0.05) is 25.1 Å². The van der Waals surface area contributed by atoms with Crippen LogP contribution in [-0.2, 0) is 9.53 Å². The predicted octanol–water partition coefficient (Wildman–Crippen LogP) is 2.21. The molecule has 178 valence electrons. The van der Waals surface area contributed by atoms with Crippen molar-refractivity contribution in [2.45, 2.75) is 26.0 Å². The summed E-state index contributed by atoms with van der Waals surface area (Å²) in [5, 5.41) is 9.76. The van der Waals surface area contributed by atoms with Crippen LogP contribution in [0.25, 0.3) is 11.1 Å². The molecule has 0 fully saturated rings. The maximum Gasteiger partial charge on any atom is 0.259 e. The monoisotopic (exact) mass is 459 g/mol. The van der Waals surface area contributed by atoms with Gasteiger partial charge in [-0.2, -0.15) is 0 Å². The van der Waals surface area contributed by atoms with Crippen molar-refractivity contribution in [1.82, 2.24) is 14.8 Å². The Bertz CT molecular complexity index is 1000. The fourth-order valence-corrected chi connectivity index (χ4v) is 3.77. The van der Waals surface area contributed by atoms with Gasteiger partial charge in [0, 0.05) is 43.9 Å². The first-order chi connectivity index (χ1) is 15.8. The van der Waals surface area contributed by atoms with Crippen LogP contribution in [0.1, 0.15) is 24.2 Å². The summed E-state index contributed by atoms with van der Waals surface area (Å²) in [4.78, 5) is 33.1. The molecule has 0 aliphatic carbocycles. The zero-order valence-electron chi connectivity index (χ0n) is 19.3. The highest BCUT2D eigenvalue weighted by atomic mass is 19.1. The zero-order chi connectivity index (χ0) is 24.1. The number of hydrogen-bond acceptors (Lipinski definition) is 6. The normalized spacial score (nSPS) is 19.2. The molecule has 0 saturated carbocycles. The van der Waals surface area contributed by atoms with E-state index >= 15 is 0 Å². The third kappa shape index (κ3) is 5.48. The SMILES string of the molecule is COCC(=O)N(C)C[C@@H]1Oc2ncc(-c3ccccc3F)cc2C(=O)N([C@@H](C)CO)C[C@@H]1C. The largest absolute Gasteiger partial charge is 0.472 e. The molecule has 1 aromatic heterocycles. The van der Waals surface area contributed by atoms with Gasteiger partial charge in [0.15, 0.2) is 0 Å². The minimum absolute atomic E-state index is 0.0510. The molecule has 0 unspecified atom stereocenters. The Morgan fingerprint density at radius 3 is 2.79 bits per heavy atom. The number of aromatic nitrogens is 1. The number of pyridine rings is 1. The lowest BCUT2D eigenvalue weighted by Crippen LogP contribution is -2.50. The van der Waals surface area contributed by atoms with Gasteiger partial charge in [0.05, 0.1) is 19.2 Å². The number of ether oxygens (including phenoxy) is 2. The number of aliphatic hydroxyl groups excluding tert-OH is 1. The van der Waals surface area contributed by atoms with Crippen molar-refractivity contribution < 1.29 is 28.6 Å². The molecular formula is C24H30FN3O5. The van der Waals surface area contributed by atoms with Gasteiger partial charge in [0.2, 0.25) is 11.8 Å². The molecule has 1 N–H and O–H groups in total. The lowest BCUT2D eigenvalue weighted by atomic mass is 9.99. The topological polar surface area (TPSA) is 92.2 Å². The molecule has 2 aromatic rings. The van der Waals surface area contributed by atoms with E-state index in [1.807, 2.05) is 6.92 Å². The van der Waals surface area contributed by atoms with Gasteiger partial charge in [-0.25, -0.2) is 9.37 Å². The molecule has 3 rings (SSSR count). The third-order valence-corrected chi connectivity index (χ3v) is 5.85. The summed E-state index contributed by atoms with van der Waals surface area (Å²) in [6.07, 6.45) is 0.996. The molecular weight excluding hydrogens is 429 g/mol. The van der Waals surface area contributed by atoms with Crippen LogP contribution in [0.3, 0.4) is 0 Å². The minimum Gasteiger partial charge on any atom is -0.472 e. The summed E-state index contributed by atoms with van der Waals surface area (Å²) in [5.74, 6) is -1.04. The summed E-state index contributed by atoms with van der Waals surface area (Å²) in [7, 11) is 3.11. The third-order valence-electron chi connectivity index (χ3n) is 5.85. The first-order valence-electron chi connectivity index (χ1n) is 10.8. The average molecular weight is 460 g/mol. The predicted molar refractivity (Wildman–Crippen MR) is 120 cm³/mol. The molecule has 1 aliphatic heterocycles. The van der Waals surface area contributed by atoms with Crippen molar-refractivity contribution in [3.05, 3.63) is 47.9 Å². The van der Waals surface area contributed by atoms with E-state index in [1.54, 1.807) is 43.1 Å². The van der Waals surface area contributed by atoms with Crippen LogP contribution in [0.4, 0.5) is 4.39 Å². The fourth-order valence-electron chi connectivity index (χ4n) is 3.77. The van der Waals surface area contributed by atoms with E-state index in [-0.39, 0.29) is 48.9 Å². The molecule has 0 radical (unpaired) electrons. The summed E-state index contributed by atoms with van der Waals surface area (Å²) in [6, 6.07) is 7.37. The Morgan fingerprint density at radius 2 is 2.12 bits per heavy atom. The van der Waals surface area contributed by atoms with E-state index in [2.05, 4.69) is 4.98 Å². The lowest BCUT2D eigenvalue weighted by Gasteiger charge is -2.37. The van der Waals surface area contributed by atoms with Crippen LogP contribution in [0, 0.1) is 11.7 Å². The van der Waals surface area contributed by atoms with Crippen LogP contribution in [0.5, 0.6) is 5.88 Å². The van der Waals surface area contributed by atoms with Crippen molar-refractivity contribution in [2.24, 2.45) is 5.92 Å². The number of hydrogen-bond donors (Lipinski definition) is 1. The lowest BCUT2D eigenvalue weighted by molar-refractivity contribution is -0.135. The number of methoxy groups -OCH3 is 1. The van der Waals surface area contributed by atoms with Gasteiger partial charge in [-0.3, -0.25) is 9.59 Å². The Morgan fingerprint density at radius 1 is 1.39 bits per heavy atom. The number of fused-ring (bicyclic) bond motifs is 1. The first-order valence-corrected chi connectivity index (χ1v) is 10.8. The standard InChI is InChI=1S/C24H30FN3O5/c1-15-11-28(16(2)13-29)24(31)19-9-17(18-7-5-6-8-20(18)25)10-26-23(19)33-21(15)12-27(3)22(30)14-32-4/h5-10,15-16,21,29H,11-14H2,1-4H3/t15-,16-,21-/m0/s1. The van der Waals surface area contributed by atoms with Gasteiger partial charge >= 0.3 is 0 Å². The fraction of sp³-hybridized carbons (Fsp3) is 0.458. The van der Waals surface area contributed by atoms with Crippen LogP contribution in [-0.4, -0.2) is 84.3 Å². The van der Waals surface area contributed by atoms with Crippen molar-refractivity contribution >= 4 is 11.8 Å². The Labute approximate surface area is 192 Å². The van der Waals surface area contributed by atoms with Crippen molar-refractivity contribution in [3.63, 3.8) is 0 Å². The van der Waals surface area contributed by atoms with E-state index in [1.165, 1.54) is 24.3 Å². The van der Waals surface area contributed by atoms with Crippen LogP contribution >= 0.6 is 0 Å². The van der Waals surface area contributed by atoms with E-state index in [9.17, 15) is 19.1 Å². The van der Waals surface area contributed by atoms with Gasteiger partial charge in [-0.15, -0.1) is 0 Å². The summed E-state index contributed by atoms with van der Waals surface area (Å²) in [6.45, 7) is 3.97. The average Bonchev–Trinajstić information content (AvgIpc) is 2.81. The number of aliphatic hydroxyl groups is 1. The first kappa shape index (κ1) is 24.6. The number of carbonyl (C=O) groups is 2. The van der Waals surface area contributed by atoms with Gasteiger partial charge < -0.3 is 24.4 Å². The highest BCUT2D eigenvalue weighted by molar-refractivity contribution is 5.98. The molecule has 9 heteroatoms. The Hall–Kier alpha value is -3.04. The van der Waals surface area contributed by atoms with E-state index in [0.717, 1.165) is 0 Å². The number of likely N-dealkylation sites (N-methyl/N-ethyl adjacent to an activating group) is 1. The molecule has 0 saturated heterocycles. The van der Waals surface area contributed by atoms with Crippen LogP contribution in [0.2, 0.25) is 0 Å². The van der Waals surface area contributed by atoms with E-state index in [4.69, 9.17) is 9.47 Å². The number of amides is 2. The highest BCUT2D eigenvalue weighted by Gasteiger charge is 2.34. The van der Waals surface area contributed by atoms with Crippen LogP contribution < -0.4 is 4.74 Å². The maximum absolute atomic E-state index is 14.4. The molecule has 0 spiro atoms. The van der Waals surface area contributed by atoms with Crippen LogP contribution in [0.15, 0.2) is 36.5 Å². The second-order valence-corrected chi connectivity index (χ2v) is 8.39. The van der Waals surface area contributed by atoms with Crippen molar-refractivity contribution in [1.29, 1.82) is 0 Å². The second kappa shape index (κ2) is 10.7. The molecule has 2 amide bonds. The number of benzene rings is 1. The zero-order valence-corrected chi connectivity index (χ0v) is 19.3. The highest BCUT2D eigenvalue weighted by Crippen LogP contribution is 2.31. The van der Waals surface area contributed by atoms with Gasteiger partial charge in [0.1, 0.15) is 24.1 Å². The van der Waals surface area contributed by atoms with E-state index in [0.29, 0.717) is 17.7 Å². The molecule has 1 aliphatic rings. The molecule has 2 heterocycles. The maximum atomic E-state index is 14.4. The molecule has 0 bridgehead atoms. The second-order valence-electron chi connectivity index (χ2n) is 8.39. The van der Waals surface area contributed by atoms with Crippen molar-refractivity contribution in [2.75, 3.05) is 40.5 Å². The molecule has 8 nitrogen and oxygen atoms in total. The number of halogens is 1. The number of rotatable bonds is 7. The summed E-state index contributed by atoms with van der Waals surface area (Å²) in [5.41, 5.74) is 0.941. The number of carbonyl (C=O) groups excluding carboxylic acids is 2. The van der Waals surface area contributed by atoms with E-state index < -0.39 is 18.0 Å². The molecule has 3 atom stereocenters. The summed E-state index contributed by atoms with van der Waals surface area (Å²) >= 11 is 0. The molecule has 33 heavy (non-hydrogen) atoms. The van der Waals surface area contributed by atoms with Gasteiger partial charge in [0.25, 0.3) is 5.91 Å². The minimum atomic E-state index is -0.470. The smallest absolute Gasteiger partial charge is 0.259 e. The summed E-state index contributed by atoms with van der Waals surface area (Å²) < 4.78 is 25.4.